The quantitative estimate of drug-likeness (QED) is 0.220. The average molecular weight is 469 g/mol. The second-order valence-electron chi connectivity index (χ2n) is 9.68. The van der Waals surface area contributed by atoms with Crippen molar-refractivity contribution in [3.05, 3.63) is 54.1 Å². The molecule has 2 aromatic rings. The lowest BCUT2D eigenvalue weighted by Gasteiger charge is -2.28. The molecule has 0 spiro atoms. The molecule has 0 bridgehead atoms. The number of carbonyl (C=O) groups excluding carboxylic acids is 1. The Hall–Kier alpha value is -2.36. The number of hydrogen-bond donors (Lipinski definition) is 0. The molecule has 34 heavy (non-hydrogen) atoms. The van der Waals surface area contributed by atoms with Gasteiger partial charge in [-0.1, -0.05) is 75.9 Å². The molecule has 0 N–H and O–H groups in total. The third-order valence-electron chi connectivity index (χ3n) is 6.84. The number of rotatable bonds is 13. The Morgan fingerprint density at radius 3 is 2.12 bits per heavy atom. The van der Waals surface area contributed by atoms with Crippen LogP contribution in [-0.2, 0) is 16.0 Å². The Bertz CT molecular complexity index is 838. The van der Waals surface area contributed by atoms with Gasteiger partial charge in [-0.25, -0.2) is 9.18 Å². The lowest BCUT2D eigenvalue weighted by molar-refractivity contribution is -0.157. The van der Waals surface area contributed by atoms with Gasteiger partial charge in [-0.3, -0.25) is 0 Å². The van der Waals surface area contributed by atoms with Gasteiger partial charge in [0.2, 0.25) is 0 Å². The second-order valence-corrected chi connectivity index (χ2v) is 9.68. The van der Waals surface area contributed by atoms with Crippen LogP contribution in [-0.4, -0.2) is 24.9 Å². The summed E-state index contributed by atoms with van der Waals surface area (Å²) in [5, 5.41) is 0. The van der Waals surface area contributed by atoms with Gasteiger partial charge in [0, 0.05) is 0 Å². The van der Waals surface area contributed by atoms with Crippen molar-refractivity contribution < 1.29 is 18.7 Å². The van der Waals surface area contributed by atoms with E-state index in [-0.39, 0.29) is 12.5 Å². The van der Waals surface area contributed by atoms with Gasteiger partial charge in [0.25, 0.3) is 0 Å². The van der Waals surface area contributed by atoms with Crippen LogP contribution in [0.1, 0.15) is 83.6 Å². The maximum absolute atomic E-state index is 13.8. The van der Waals surface area contributed by atoms with E-state index in [1.165, 1.54) is 36.0 Å². The molecule has 0 aromatic heterocycles. The molecule has 0 aliphatic heterocycles. The van der Waals surface area contributed by atoms with Crippen LogP contribution in [0, 0.1) is 5.92 Å². The number of ether oxygens (including phenoxy) is 2. The van der Waals surface area contributed by atoms with Gasteiger partial charge in [-0.05, 0) is 79.7 Å². The Balaban J connectivity index is 1.38. The van der Waals surface area contributed by atoms with E-state index in [0.717, 1.165) is 44.3 Å². The molecule has 0 unspecified atom stereocenters. The Morgan fingerprint density at radius 1 is 0.882 bits per heavy atom. The number of halogens is 1. The minimum atomic E-state index is -1.48. The third kappa shape index (κ3) is 8.45. The highest BCUT2D eigenvalue weighted by molar-refractivity contribution is 5.74. The van der Waals surface area contributed by atoms with Crippen molar-refractivity contribution in [2.45, 2.75) is 96.8 Å². The standard InChI is InChI=1S/C30H41FO3/c1-3-5-7-8-23-10-14-25(15-11-23)26-16-20-27(21-17-26)33-22-24-12-18-28(19-13-24)34-30(32)29(31)9-6-4-2/h10-11,14-17,20-21,24,28-29H,3-9,12-13,18-19,22H2,1-2H3/t24-,28-,29-/m0/s1. The van der Waals surface area contributed by atoms with Gasteiger partial charge in [-0.15, -0.1) is 0 Å². The van der Waals surface area contributed by atoms with Crippen LogP contribution < -0.4 is 4.74 Å². The van der Waals surface area contributed by atoms with Crippen molar-refractivity contribution in [2.24, 2.45) is 5.92 Å². The Labute approximate surface area is 205 Å². The molecule has 1 atom stereocenters. The van der Waals surface area contributed by atoms with Gasteiger partial charge >= 0.3 is 5.97 Å². The number of unbranched alkanes of at least 4 members (excludes halogenated alkanes) is 3. The lowest BCUT2D eigenvalue weighted by atomic mass is 9.88. The molecule has 4 heteroatoms. The average Bonchev–Trinajstić information content (AvgIpc) is 2.87. The third-order valence-corrected chi connectivity index (χ3v) is 6.84. The summed E-state index contributed by atoms with van der Waals surface area (Å²) in [6.07, 6.45) is 8.63. The lowest BCUT2D eigenvalue weighted by Crippen LogP contribution is -2.30. The highest BCUT2D eigenvalue weighted by Gasteiger charge is 2.27. The molecular formula is C30H41FO3. The zero-order valence-corrected chi connectivity index (χ0v) is 20.9. The van der Waals surface area contributed by atoms with Gasteiger partial charge in [0.1, 0.15) is 11.9 Å². The van der Waals surface area contributed by atoms with E-state index in [2.05, 4.69) is 43.3 Å². The molecular weight excluding hydrogens is 427 g/mol. The zero-order valence-electron chi connectivity index (χ0n) is 20.9. The molecule has 1 aliphatic rings. The molecule has 1 aliphatic carbocycles. The minimum absolute atomic E-state index is 0.152. The number of esters is 1. The first kappa shape index (κ1) is 26.2. The number of hydrogen-bond acceptors (Lipinski definition) is 3. The maximum Gasteiger partial charge on any atom is 0.340 e. The summed E-state index contributed by atoms with van der Waals surface area (Å²) in [5.74, 6) is 0.639. The molecule has 3 rings (SSSR count). The van der Waals surface area contributed by atoms with E-state index in [0.29, 0.717) is 18.9 Å². The van der Waals surface area contributed by atoms with Gasteiger partial charge in [0.05, 0.1) is 6.61 Å². The van der Waals surface area contributed by atoms with Gasteiger partial charge < -0.3 is 9.47 Å². The predicted molar refractivity (Wildman–Crippen MR) is 137 cm³/mol. The summed E-state index contributed by atoms with van der Waals surface area (Å²) < 4.78 is 25.3. The summed E-state index contributed by atoms with van der Waals surface area (Å²) in [6.45, 7) is 4.89. The number of benzene rings is 2. The highest BCUT2D eigenvalue weighted by atomic mass is 19.1. The van der Waals surface area contributed by atoms with E-state index in [9.17, 15) is 9.18 Å². The summed E-state index contributed by atoms with van der Waals surface area (Å²) in [7, 11) is 0. The largest absolute Gasteiger partial charge is 0.493 e. The first-order valence-electron chi connectivity index (χ1n) is 13.3. The smallest absolute Gasteiger partial charge is 0.340 e. The van der Waals surface area contributed by atoms with Crippen LogP contribution >= 0.6 is 0 Å². The van der Waals surface area contributed by atoms with Crippen LogP contribution in [0.3, 0.4) is 0 Å². The number of alkyl halides is 1. The fourth-order valence-corrected chi connectivity index (χ4v) is 4.56. The van der Waals surface area contributed by atoms with Gasteiger partial charge in [-0.2, -0.15) is 0 Å². The van der Waals surface area contributed by atoms with Crippen molar-refractivity contribution in [3.63, 3.8) is 0 Å². The predicted octanol–water partition coefficient (Wildman–Crippen LogP) is 8.10. The maximum atomic E-state index is 13.8. The Morgan fingerprint density at radius 2 is 1.50 bits per heavy atom. The fourth-order valence-electron chi connectivity index (χ4n) is 4.56. The van der Waals surface area contributed by atoms with E-state index in [4.69, 9.17) is 9.47 Å². The molecule has 3 nitrogen and oxygen atoms in total. The second kappa shape index (κ2) is 14.1. The van der Waals surface area contributed by atoms with E-state index in [1.54, 1.807) is 0 Å². The number of aryl methyl sites for hydroxylation is 1. The van der Waals surface area contributed by atoms with Crippen molar-refractivity contribution in [1.29, 1.82) is 0 Å². The van der Waals surface area contributed by atoms with Crippen LogP contribution in [0.15, 0.2) is 48.5 Å². The van der Waals surface area contributed by atoms with Gasteiger partial charge in [0.15, 0.2) is 6.17 Å². The van der Waals surface area contributed by atoms with Crippen molar-refractivity contribution in [1.82, 2.24) is 0 Å². The topological polar surface area (TPSA) is 35.5 Å². The van der Waals surface area contributed by atoms with Crippen LogP contribution in [0.5, 0.6) is 5.75 Å². The molecule has 0 amide bonds. The molecule has 0 radical (unpaired) electrons. The van der Waals surface area contributed by atoms with Crippen LogP contribution in [0.4, 0.5) is 4.39 Å². The first-order valence-corrected chi connectivity index (χ1v) is 13.3. The number of carbonyl (C=O) groups is 1. The molecule has 1 saturated carbocycles. The normalized spacial score (nSPS) is 18.9. The molecule has 0 saturated heterocycles. The van der Waals surface area contributed by atoms with Crippen LogP contribution in [0.2, 0.25) is 0 Å². The SMILES string of the molecule is CCCCCc1ccc(-c2ccc(OC[C@H]3CC[C@H](OC(=O)[C@@H](F)CCCC)CC3)cc2)cc1. The Kier molecular flexibility index (Phi) is 10.9. The first-order chi connectivity index (χ1) is 16.6. The highest BCUT2D eigenvalue weighted by Crippen LogP contribution is 2.29. The zero-order chi connectivity index (χ0) is 24.2. The van der Waals surface area contributed by atoms with E-state index < -0.39 is 12.1 Å². The molecule has 0 heterocycles. The summed E-state index contributed by atoms with van der Waals surface area (Å²) in [4.78, 5) is 11.9. The molecule has 2 aromatic carbocycles. The van der Waals surface area contributed by atoms with Crippen LogP contribution in [0.25, 0.3) is 11.1 Å². The molecule has 1 fully saturated rings. The molecule has 186 valence electrons. The van der Waals surface area contributed by atoms with E-state index in [1.807, 2.05) is 19.1 Å². The monoisotopic (exact) mass is 468 g/mol. The fraction of sp³-hybridized carbons (Fsp3) is 0.567. The van der Waals surface area contributed by atoms with Crippen molar-refractivity contribution in [2.75, 3.05) is 6.61 Å². The van der Waals surface area contributed by atoms with Crippen molar-refractivity contribution >= 4 is 5.97 Å². The summed E-state index contributed by atoms with van der Waals surface area (Å²) in [6, 6.07) is 17.2. The van der Waals surface area contributed by atoms with Crippen molar-refractivity contribution in [3.8, 4) is 16.9 Å². The van der Waals surface area contributed by atoms with E-state index >= 15 is 0 Å². The summed E-state index contributed by atoms with van der Waals surface area (Å²) in [5.41, 5.74) is 3.83. The summed E-state index contributed by atoms with van der Waals surface area (Å²) >= 11 is 0. The minimum Gasteiger partial charge on any atom is -0.493 e.